The van der Waals surface area contributed by atoms with Gasteiger partial charge in [0.2, 0.25) is 5.91 Å². The molecule has 3 fully saturated rings. The van der Waals surface area contributed by atoms with E-state index in [1.807, 2.05) is 0 Å². The SMILES string of the molecule is CC1CCC(NC(=O)CN2C[C@@H]3CCC[C@@]3(C(=O)O)C2)CC1. The molecule has 1 heterocycles. The van der Waals surface area contributed by atoms with E-state index < -0.39 is 11.4 Å². The fourth-order valence-electron chi connectivity index (χ4n) is 4.74. The van der Waals surface area contributed by atoms with Crippen molar-refractivity contribution in [3.63, 3.8) is 0 Å². The minimum absolute atomic E-state index is 0.0695. The van der Waals surface area contributed by atoms with Gasteiger partial charge in [0, 0.05) is 19.1 Å². The highest BCUT2D eigenvalue weighted by molar-refractivity contribution is 5.79. The van der Waals surface area contributed by atoms with Gasteiger partial charge in [-0.15, -0.1) is 0 Å². The Morgan fingerprint density at radius 2 is 1.95 bits per heavy atom. The van der Waals surface area contributed by atoms with Crippen molar-refractivity contribution >= 4 is 11.9 Å². The highest BCUT2D eigenvalue weighted by Crippen LogP contribution is 2.48. The molecule has 22 heavy (non-hydrogen) atoms. The van der Waals surface area contributed by atoms with Gasteiger partial charge in [-0.3, -0.25) is 14.5 Å². The number of likely N-dealkylation sites (tertiary alicyclic amines) is 1. The van der Waals surface area contributed by atoms with Crippen molar-refractivity contribution in [3.8, 4) is 0 Å². The van der Waals surface area contributed by atoms with Crippen LogP contribution in [0.3, 0.4) is 0 Å². The van der Waals surface area contributed by atoms with Crippen LogP contribution in [-0.4, -0.2) is 47.6 Å². The zero-order chi connectivity index (χ0) is 15.7. The van der Waals surface area contributed by atoms with Gasteiger partial charge in [-0.05, 0) is 50.4 Å². The Morgan fingerprint density at radius 1 is 1.23 bits per heavy atom. The lowest BCUT2D eigenvalue weighted by atomic mass is 9.81. The Morgan fingerprint density at radius 3 is 2.59 bits per heavy atom. The maximum absolute atomic E-state index is 12.2. The predicted octanol–water partition coefficient (Wildman–Crippen LogP) is 1.87. The highest BCUT2D eigenvalue weighted by atomic mass is 16.4. The standard InChI is InChI=1S/C17H28N2O3/c1-12-4-6-14(7-5-12)18-15(20)10-19-9-13-3-2-8-17(13,11-19)16(21)22/h12-14H,2-11H2,1H3,(H,18,20)(H,21,22)/t12?,13-,14?,17+/m0/s1. The average Bonchev–Trinajstić information content (AvgIpc) is 2.99. The zero-order valence-corrected chi connectivity index (χ0v) is 13.5. The van der Waals surface area contributed by atoms with Crippen LogP contribution in [0, 0.1) is 17.3 Å². The molecule has 2 saturated carbocycles. The molecule has 3 aliphatic rings. The van der Waals surface area contributed by atoms with E-state index >= 15 is 0 Å². The van der Waals surface area contributed by atoms with Crippen molar-refractivity contribution in [2.24, 2.45) is 17.3 Å². The van der Waals surface area contributed by atoms with E-state index in [0.717, 1.165) is 44.6 Å². The number of carbonyl (C=O) groups excluding carboxylic acids is 1. The third-order valence-electron chi connectivity index (χ3n) is 6.12. The fourth-order valence-corrected chi connectivity index (χ4v) is 4.74. The molecule has 5 nitrogen and oxygen atoms in total. The van der Waals surface area contributed by atoms with E-state index in [0.29, 0.717) is 19.1 Å². The number of hydrogen-bond acceptors (Lipinski definition) is 3. The van der Waals surface area contributed by atoms with Crippen molar-refractivity contribution in [2.45, 2.75) is 57.9 Å². The molecule has 0 aromatic rings. The number of nitrogens with one attached hydrogen (secondary N) is 1. The first-order valence-electron chi connectivity index (χ1n) is 8.75. The van der Waals surface area contributed by atoms with E-state index in [1.165, 1.54) is 12.8 Å². The molecular weight excluding hydrogens is 280 g/mol. The molecule has 5 heteroatoms. The molecule has 2 atom stereocenters. The molecule has 0 unspecified atom stereocenters. The summed E-state index contributed by atoms with van der Waals surface area (Å²) in [6, 6.07) is 0.319. The second-order valence-corrected chi connectivity index (χ2v) is 7.74. The van der Waals surface area contributed by atoms with Gasteiger partial charge in [-0.2, -0.15) is 0 Å². The molecule has 0 aromatic heterocycles. The Hall–Kier alpha value is -1.10. The first-order valence-corrected chi connectivity index (χ1v) is 8.75. The molecule has 0 radical (unpaired) electrons. The third-order valence-corrected chi connectivity index (χ3v) is 6.12. The first kappa shape index (κ1) is 15.8. The highest BCUT2D eigenvalue weighted by Gasteiger charge is 2.54. The van der Waals surface area contributed by atoms with Crippen LogP contribution in [0.4, 0.5) is 0 Å². The van der Waals surface area contributed by atoms with E-state index in [2.05, 4.69) is 17.1 Å². The number of aliphatic carboxylic acids is 1. The summed E-state index contributed by atoms with van der Waals surface area (Å²) in [4.78, 5) is 26.0. The summed E-state index contributed by atoms with van der Waals surface area (Å²) >= 11 is 0. The second kappa shape index (κ2) is 6.19. The van der Waals surface area contributed by atoms with Gasteiger partial charge in [-0.25, -0.2) is 0 Å². The summed E-state index contributed by atoms with van der Waals surface area (Å²) in [6.45, 7) is 3.94. The Balaban J connectivity index is 1.50. The summed E-state index contributed by atoms with van der Waals surface area (Å²) in [6.07, 6.45) is 7.31. The Bertz CT molecular complexity index is 445. The van der Waals surface area contributed by atoms with Gasteiger partial charge in [0.1, 0.15) is 0 Å². The molecule has 0 spiro atoms. The second-order valence-electron chi connectivity index (χ2n) is 7.74. The van der Waals surface area contributed by atoms with Crippen molar-refractivity contribution in [1.82, 2.24) is 10.2 Å². The van der Waals surface area contributed by atoms with Gasteiger partial charge in [0.05, 0.1) is 12.0 Å². The molecule has 1 amide bonds. The lowest BCUT2D eigenvalue weighted by molar-refractivity contribution is -0.149. The van der Waals surface area contributed by atoms with E-state index in [-0.39, 0.29) is 11.8 Å². The number of carboxylic acid groups (broad SMARTS) is 1. The van der Waals surface area contributed by atoms with E-state index in [9.17, 15) is 14.7 Å². The van der Waals surface area contributed by atoms with Crippen LogP contribution in [0.5, 0.6) is 0 Å². The smallest absolute Gasteiger partial charge is 0.311 e. The van der Waals surface area contributed by atoms with Crippen LogP contribution in [0.1, 0.15) is 51.9 Å². The van der Waals surface area contributed by atoms with Gasteiger partial charge in [0.15, 0.2) is 0 Å². The van der Waals surface area contributed by atoms with Crippen LogP contribution in [0.2, 0.25) is 0 Å². The molecular formula is C17H28N2O3. The number of fused-ring (bicyclic) bond motifs is 1. The lowest BCUT2D eigenvalue weighted by Gasteiger charge is -2.28. The van der Waals surface area contributed by atoms with Crippen LogP contribution in [-0.2, 0) is 9.59 Å². The minimum atomic E-state index is -0.667. The summed E-state index contributed by atoms with van der Waals surface area (Å²) < 4.78 is 0. The Kier molecular flexibility index (Phi) is 4.44. The molecule has 3 rings (SSSR count). The molecule has 1 saturated heterocycles. The van der Waals surface area contributed by atoms with Crippen LogP contribution >= 0.6 is 0 Å². The summed E-state index contributed by atoms with van der Waals surface area (Å²) in [7, 11) is 0. The first-order chi connectivity index (χ1) is 10.5. The van der Waals surface area contributed by atoms with Crippen molar-refractivity contribution in [2.75, 3.05) is 19.6 Å². The molecule has 0 bridgehead atoms. The maximum Gasteiger partial charge on any atom is 0.311 e. The normalized spacial score (nSPS) is 38.7. The number of carbonyl (C=O) groups is 2. The lowest BCUT2D eigenvalue weighted by Crippen LogP contribution is -2.43. The summed E-state index contributed by atoms with van der Waals surface area (Å²) in [5.41, 5.74) is -0.583. The zero-order valence-electron chi connectivity index (χ0n) is 13.5. The largest absolute Gasteiger partial charge is 0.481 e. The van der Waals surface area contributed by atoms with Gasteiger partial charge in [-0.1, -0.05) is 13.3 Å². The van der Waals surface area contributed by atoms with Crippen LogP contribution < -0.4 is 5.32 Å². The fraction of sp³-hybridized carbons (Fsp3) is 0.882. The topological polar surface area (TPSA) is 69.6 Å². The minimum Gasteiger partial charge on any atom is -0.481 e. The summed E-state index contributed by atoms with van der Waals surface area (Å²) in [5, 5.41) is 12.7. The number of hydrogen-bond donors (Lipinski definition) is 2. The summed E-state index contributed by atoms with van der Waals surface area (Å²) in [5.74, 6) is 0.411. The van der Waals surface area contributed by atoms with Crippen molar-refractivity contribution in [1.29, 1.82) is 0 Å². The number of carboxylic acids is 1. The predicted molar refractivity (Wildman–Crippen MR) is 83.4 cm³/mol. The quantitative estimate of drug-likeness (QED) is 0.832. The Labute approximate surface area is 132 Å². The monoisotopic (exact) mass is 308 g/mol. The molecule has 0 aromatic carbocycles. The van der Waals surface area contributed by atoms with E-state index in [1.54, 1.807) is 0 Å². The molecule has 124 valence electrons. The molecule has 1 aliphatic heterocycles. The molecule has 2 N–H and O–H groups in total. The number of rotatable bonds is 4. The van der Waals surface area contributed by atoms with Gasteiger partial charge < -0.3 is 10.4 Å². The van der Waals surface area contributed by atoms with Gasteiger partial charge in [0.25, 0.3) is 0 Å². The number of amides is 1. The van der Waals surface area contributed by atoms with Crippen LogP contribution in [0.25, 0.3) is 0 Å². The van der Waals surface area contributed by atoms with Crippen molar-refractivity contribution < 1.29 is 14.7 Å². The molecule has 2 aliphatic carbocycles. The maximum atomic E-state index is 12.2. The van der Waals surface area contributed by atoms with E-state index in [4.69, 9.17) is 0 Å². The third kappa shape index (κ3) is 3.00. The van der Waals surface area contributed by atoms with Crippen molar-refractivity contribution in [3.05, 3.63) is 0 Å². The van der Waals surface area contributed by atoms with Crippen LogP contribution in [0.15, 0.2) is 0 Å². The number of nitrogens with zero attached hydrogens (tertiary/aromatic N) is 1. The van der Waals surface area contributed by atoms with Gasteiger partial charge >= 0.3 is 5.97 Å². The average molecular weight is 308 g/mol.